The lowest BCUT2D eigenvalue weighted by atomic mass is 9.91. The van der Waals surface area contributed by atoms with E-state index in [-0.39, 0.29) is 11.7 Å². The number of benzene rings is 2. The molecule has 2 aromatic carbocycles. The zero-order valence-corrected chi connectivity index (χ0v) is 15.2. The number of rotatable bonds is 8. The minimum absolute atomic E-state index is 0.0336. The molecule has 0 saturated heterocycles. The van der Waals surface area contributed by atoms with E-state index >= 15 is 0 Å². The summed E-state index contributed by atoms with van der Waals surface area (Å²) >= 11 is 0. The molecule has 2 N–H and O–H groups in total. The van der Waals surface area contributed by atoms with Crippen LogP contribution in [0.1, 0.15) is 36.8 Å². The molecule has 0 aliphatic heterocycles. The highest BCUT2D eigenvalue weighted by Gasteiger charge is 2.20. The minimum atomic E-state index is -3.25. The van der Waals surface area contributed by atoms with Crippen molar-refractivity contribution in [2.24, 2.45) is 0 Å². The highest BCUT2D eigenvalue weighted by Crippen LogP contribution is 2.30. The molecule has 0 aliphatic carbocycles. The van der Waals surface area contributed by atoms with Gasteiger partial charge in [-0.1, -0.05) is 61.9 Å². The number of sulfonamides is 1. The Balaban J connectivity index is 1.92. The quantitative estimate of drug-likeness (QED) is 0.640. The van der Waals surface area contributed by atoms with Crippen LogP contribution in [-0.4, -0.2) is 25.7 Å². The van der Waals surface area contributed by atoms with Gasteiger partial charge in [0.05, 0.1) is 5.75 Å². The normalized spacial score (nSPS) is 13.2. The molecule has 0 radical (unpaired) electrons. The molecule has 0 spiro atoms. The Bertz CT molecular complexity index is 917. The third-order valence-corrected chi connectivity index (χ3v) is 5.91. The van der Waals surface area contributed by atoms with Crippen molar-refractivity contribution < 1.29 is 8.42 Å². The van der Waals surface area contributed by atoms with Gasteiger partial charge >= 0.3 is 0 Å². The van der Waals surface area contributed by atoms with Crippen LogP contribution >= 0.6 is 0 Å². The highest BCUT2D eigenvalue weighted by atomic mass is 32.2. The molecule has 4 nitrogen and oxygen atoms in total. The van der Waals surface area contributed by atoms with Gasteiger partial charge in [-0.2, -0.15) is 0 Å². The lowest BCUT2D eigenvalue weighted by molar-refractivity contribution is 0.574. The Labute approximate surface area is 149 Å². The van der Waals surface area contributed by atoms with Gasteiger partial charge in [-0.15, -0.1) is 0 Å². The molecule has 0 fully saturated rings. The van der Waals surface area contributed by atoms with Crippen LogP contribution in [0.15, 0.2) is 60.8 Å². The first-order valence-electron chi connectivity index (χ1n) is 8.69. The molecule has 3 rings (SSSR count). The maximum Gasteiger partial charge on any atom is 0.211 e. The van der Waals surface area contributed by atoms with Crippen molar-refractivity contribution in [2.45, 2.75) is 25.7 Å². The summed E-state index contributed by atoms with van der Waals surface area (Å²) in [7, 11) is -3.25. The van der Waals surface area contributed by atoms with Crippen LogP contribution in [0.2, 0.25) is 0 Å². The van der Waals surface area contributed by atoms with Crippen molar-refractivity contribution in [3.05, 3.63) is 71.9 Å². The monoisotopic (exact) mass is 356 g/mol. The van der Waals surface area contributed by atoms with Crippen LogP contribution in [0.4, 0.5) is 0 Å². The second kappa shape index (κ2) is 7.85. The Morgan fingerprint density at radius 3 is 2.52 bits per heavy atom. The number of fused-ring (bicyclic) bond motifs is 1. The molecule has 1 aromatic heterocycles. The average molecular weight is 356 g/mol. The van der Waals surface area contributed by atoms with Crippen molar-refractivity contribution in [1.82, 2.24) is 9.71 Å². The largest absolute Gasteiger partial charge is 0.361 e. The van der Waals surface area contributed by atoms with Crippen LogP contribution in [0.25, 0.3) is 10.9 Å². The Morgan fingerprint density at radius 1 is 1.04 bits per heavy atom. The summed E-state index contributed by atoms with van der Waals surface area (Å²) in [5, 5.41) is 1.13. The van der Waals surface area contributed by atoms with E-state index in [1.54, 1.807) is 0 Å². The number of hydrogen-bond acceptors (Lipinski definition) is 2. The molecule has 0 bridgehead atoms. The van der Waals surface area contributed by atoms with Crippen LogP contribution in [-0.2, 0) is 10.0 Å². The van der Waals surface area contributed by atoms with E-state index in [1.807, 2.05) is 61.7 Å². The first kappa shape index (κ1) is 17.7. The molecule has 25 heavy (non-hydrogen) atoms. The van der Waals surface area contributed by atoms with Gasteiger partial charge in [0, 0.05) is 29.6 Å². The number of aromatic nitrogens is 1. The number of H-pyrrole nitrogens is 1. The zero-order chi connectivity index (χ0) is 17.7. The van der Waals surface area contributed by atoms with Crippen molar-refractivity contribution in [2.75, 3.05) is 12.3 Å². The molecule has 3 aromatic rings. The van der Waals surface area contributed by atoms with E-state index in [9.17, 15) is 8.42 Å². The van der Waals surface area contributed by atoms with Gasteiger partial charge in [-0.05, 0) is 23.6 Å². The second-order valence-corrected chi connectivity index (χ2v) is 8.20. The van der Waals surface area contributed by atoms with Crippen molar-refractivity contribution in [1.29, 1.82) is 0 Å². The first-order chi connectivity index (χ1) is 12.1. The SMILES string of the molecule is CCCCS(=O)(=O)NCC(c1ccccc1)c1c[nH]c2ccccc12. The van der Waals surface area contributed by atoms with Gasteiger partial charge in [0.1, 0.15) is 0 Å². The van der Waals surface area contributed by atoms with Crippen LogP contribution in [0.5, 0.6) is 0 Å². The molecule has 1 atom stereocenters. The third kappa shape index (κ3) is 4.30. The van der Waals surface area contributed by atoms with E-state index in [1.165, 1.54) is 0 Å². The van der Waals surface area contributed by atoms with Gasteiger partial charge < -0.3 is 4.98 Å². The van der Waals surface area contributed by atoms with Gasteiger partial charge in [0.2, 0.25) is 10.0 Å². The van der Waals surface area contributed by atoms with Crippen molar-refractivity contribution in [3.8, 4) is 0 Å². The summed E-state index contributed by atoms with van der Waals surface area (Å²) in [6.45, 7) is 2.35. The summed E-state index contributed by atoms with van der Waals surface area (Å²) < 4.78 is 27.3. The van der Waals surface area contributed by atoms with E-state index in [0.29, 0.717) is 13.0 Å². The van der Waals surface area contributed by atoms with Gasteiger partial charge in [0.15, 0.2) is 0 Å². The lowest BCUT2D eigenvalue weighted by Gasteiger charge is -2.18. The molecule has 132 valence electrons. The van der Waals surface area contributed by atoms with E-state index in [2.05, 4.69) is 15.8 Å². The molecule has 5 heteroatoms. The van der Waals surface area contributed by atoms with Gasteiger partial charge in [-0.25, -0.2) is 13.1 Å². The minimum Gasteiger partial charge on any atom is -0.361 e. The number of aromatic amines is 1. The molecule has 0 saturated carbocycles. The fourth-order valence-electron chi connectivity index (χ4n) is 3.09. The zero-order valence-electron chi connectivity index (χ0n) is 14.4. The molecule has 1 heterocycles. The Kier molecular flexibility index (Phi) is 5.56. The summed E-state index contributed by atoms with van der Waals surface area (Å²) in [5.74, 6) is 0.146. The first-order valence-corrected chi connectivity index (χ1v) is 10.3. The number of unbranched alkanes of at least 4 members (excludes halogenated alkanes) is 1. The smallest absolute Gasteiger partial charge is 0.211 e. The van der Waals surface area contributed by atoms with Crippen LogP contribution in [0.3, 0.4) is 0 Å². The average Bonchev–Trinajstić information content (AvgIpc) is 3.05. The van der Waals surface area contributed by atoms with Gasteiger partial charge in [0.25, 0.3) is 0 Å². The fourth-order valence-corrected chi connectivity index (χ4v) is 4.33. The van der Waals surface area contributed by atoms with E-state index < -0.39 is 10.0 Å². The third-order valence-electron chi connectivity index (χ3n) is 4.47. The van der Waals surface area contributed by atoms with Gasteiger partial charge in [-0.3, -0.25) is 0 Å². The molecule has 1 unspecified atom stereocenters. The van der Waals surface area contributed by atoms with E-state index in [4.69, 9.17) is 0 Å². The Morgan fingerprint density at radius 2 is 1.76 bits per heavy atom. The maximum absolute atomic E-state index is 12.2. The maximum atomic E-state index is 12.2. The predicted octanol–water partition coefficient (Wildman–Crippen LogP) is 4.02. The van der Waals surface area contributed by atoms with Crippen molar-refractivity contribution >= 4 is 20.9 Å². The highest BCUT2D eigenvalue weighted by molar-refractivity contribution is 7.89. The van der Waals surface area contributed by atoms with E-state index in [0.717, 1.165) is 28.5 Å². The van der Waals surface area contributed by atoms with Crippen LogP contribution in [0, 0.1) is 0 Å². The summed E-state index contributed by atoms with van der Waals surface area (Å²) in [6.07, 6.45) is 3.53. The number of hydrogen-bond donors (Lipinski definition) is 2. The van der Waals surface area contributed by atoms with Crippen LogP contribution < -0.4 is 4.72 Å². The summed E-state index contributed by atoms with van der Waals surface area (Å²) in [5.41, 5.74) is 3.28. The van der Waals surface area contributed by atoms with Crippen molar-refractivity contribution in [3.63, 3.8) is 0 Å². The molecular weight excluding hydrogens is 332 g/mol. The molecule has 0 aliphatic rings. The second-order valence-electron chi connectivity index (χ2n) is 6.27. The standard InChI is InChI=1S/C20H24N2O2S/c1-2-3-13-25(23,24)22-15-18(16-9-5-4-6-10-16)19-14-21-20-12-8-7-11-17(19)20/h4-12,14,18,21-22H,2-3,13,15H2,1H3. The fraction of sp³-hybridized carbons (Fsp3) is 0.300. The number of nitrogens with one attached hydrogen (secondary N) is 2. The summed E-state index contributed by atoms with van der Waals surface area (Å²) in [4.78, 5) is 3.29. The topological polar surface area (TPSA) is 62.0 Å². The predicted molar refractivity (Wildman–Crippen MR) is 103 cm³/mol. The molecule has 0 amide bonds. The molecular formula is C20H24N2O2S. The summed E-state index contributed by atoms with van der Waals surface area (Å²) in [6, 6.07) is 18.2. The number of para-hydroxylation sites is 1. The Hall–Kier alpha value is -2.11. The lowest BCUT2D eigenvalue weighted by Crippen LogP contribution is -2.31.